The molecule has 102 valence electrons. The second kappa shape index (κ2) is 3.91. The lowest BCUT2D eigenvalue weighted by atomic mass is 9.48. The lowest BCUT2D eigenvalue weighted by Gasteiger charge is -2.57. The van der Waals surface area contributed by atoms with Gasteiger partial charge in [-0.05, 0) is 85.8 Å². The van der Waals surface area contributed by atoms with Gasteiger partial charge in [-0.25, -0.2) is 0 Å². The Balaban J connectivity index is 1.82. The first-order valence-electron chi connectivity index (χ1n) is 7.62. The topological polar surface area (TPSA) is 26.0 Å². The van der Waals surface area contributed by atoms with E-state index in [2.05, 4.69) is 19.1 Å². The summed E-state index contributed by atoms with van der Waals surface area (Å²) in [6.45, 7) is 2.06. The molecule has 4 fully saturated rings. The van der Waals surface area contributed by atoms with Gasteiger partial charge in [-0.3, -0.25) is 0 Å². The van der Waals surface area contributed by atoms with Crippen molar-refractivity contribution in [3.63, 3.8) is 0 Å². The minimum Gasteiger partial charge on any atom is -0.398 e. The quantitative estimate of drug-likeness (QED) is 0.739. The Kier molecular flexibility index (Phi) is 2.49. The van der Waals surface area contributed by atoms with Crippen molar-refractivity contribution in [2.45, 2.75) is 50.9 Å². The highest BCUT2D eigenvalue weighted by Gasteiger charge is 2.52. The van der Waals surface area contributed by atoms with Gasteiger partial charge in [0.05, 0.1) is 0 Å². The smallest absolute Gasteiger partial charge is 0.0493 e. The molecule has 2 N–H and O–H groups in total. The van der Waals surface area contributed by atoms with Gasteiger partial charge in [0.1, 0.15) is 0 Å². The maximum Gasteiger partial charge on any atom is 0.0493 e. The van der Waals surface area contributed by atoms with Crippen LogP contribution in [0.3, 0.4) is 0 Å². The number of halogens is 1. The van der Waals surface area contributed by atoms with E-state index in [9.17, 15) is 0 Å². The number of nitrogen functional groups attached to an aromatic ring is 1. The Morgan fingerprint density at radius 2 is 1.58 bits per heavy atom. The lowest BCUT2D eigenvalue weighted by Crippen LogP contribution is -2.48. The number of benzene rings is 1. The molecule has 4 aliphatic rings. The molecule has 0 saturated heterocycles. The minimum atomic E-state index is 0.379. The molecule has 19 heavy (non-hydrogen) atoms. The highest BCUT2D eigenvalue weighted by molar-refractivity contribution is 6.32. The predicted octanol–water partition coefficient (Wildman–Crippen LogP) is 4.70. The van der Waals surface area contributed by atoms with E-state index in [1.54, 1.807) is 0 Å². The summed E-state index contributed by atoms with van der Waals surface area (Å²) in [5.41, 5.74) is 9.69. The molecule has 0 heterocycles. The van der Waals surface area contributed by atoms with E-state index in [0.717, 1.165) is 34.0 Å². The normalized spacial score (nSPS) is 39.8. The molecule has 5 rings (SSSR count). The summed E-state index contributed by atoms with van der Waals surface area (Å²) in [5.74, 6) is 2.88. The zero-order valence-corrected chi connectivity index (χ0v) is 12.3. The molecule has 0 aromatic heterocycles. The molecule has 4 bridgehead atoms. The van der Waals surface area contributed by atoms with Gasteiger partial charge in [-0.15, -0.1) is 0 Å². The number of hydrogen-bond donors (Lipinski definition) is 1. The first-order chi connectivity index (χ1) is 9.07. The lowest BCUT2D eigenvalue weighted by molar-refractivity contribution is -0.00515. The molecule has 4 aliphatic carbocycles. The molecular weight excluding hydrogens is 254 g/mol. The van der Waals surface area contributed by atoms with E-state index in [-0.39, 0.29) is 0 Å². The Morgan fingerprint density at radius 3 is 2.11 bits per heavy atom. The predicted molar refractivity (Wildman–Crippen MR) is 80.5 cm³/mol. The van der Waals surface area contributed by atoms with Crippen molar-refractivity contribution in [2.24, 2.45) is 17.8 Å². The molecule has 4 saturated carbocycles. The van der Waals surface area contributed by atoms with Crippen molar-refractivity contribution in [3.05, 3.63) is 28.3 Å². The van der Waals surface area contributed by atoms with Crippen LogP contribution < -0.4 is 5.73 Å². The minimum absolute atomic E-state index is 0.379. The van der Waals surface area contributed by atoms with Crippen LogP contribution in [0.25, 0.3) is 0 Å². The summed E-state index contributed by atoms with van der Waals surface area (Å²) in [6, 6.07) is 4.28. The molecule has 1 nitrogen and oxygen atoms in total. The van der Waals surface area contributed by atoms with Crippen LogP contribution in [0, 0.1) is 24.7 Å². The summed E-state index contributed by atoms with van der Waals surface area (Å²) in [5, 5.41) is 0.946. The van der Waals surface area contributed by atoms with Crippen molar-refractivity contribution in [3.8, 4) is 0 Å². The zero-order valence-electron chi connectivity index (χ0n) is 11.6. The molecule has 0 spiro atoms. The van der Waals surface area contributed by atoms with E-state index in [1.807, 2.05) is 0 Å². The van der Waals surface area contributed by atoms with Crippen LogP contribution in [0.4, 0.5) is 5.69 Å². The third kappa shape index (κ3) is 1.67. The third-order valence-electron chi connectivity index (χ3n) is 6.04. The van der Waals surface area contributed by atoms with E-state index in [0.29, 0.717) is 5.41 Å². The van der Waals surface area contributed by atoms with E-state index in [4.69, 9.17) is 17.3 Å². The van der Waals surface area contributed by atoms with Crippen LogP contribution in [0.1, 0.15) is 49.7 Å². The van der Waals surface area contributed by atoms with Crippen LogP contribution in [0.5, 0.6) is 0 Å². The van der Waals surface area contributed by atoms with Crippen LogP contribution in [-0.4, -0.2) is 0 Å². The van der Waals surface area contributed by atoms with Gasteiger partial charge in [-0.2, -0.15) is 0 Å². The molecule has 0 unspecified atom stereocenters. The monoisotopic (exact) mass is 275 g/mol. The zero-order chi connectivity index (χ0) is 13.2. The highest BCUT2D eigenvalue weighted by atomic mass is 35.5. The van der Waals surface area contributed by atoms with Crippen LogP contribution in [0.15, 0.2) is 12.1 Å². The third-order valence-corrected chi connectivity index (χ3v) is 6.52. The van der Waals surface area contributed by atoms with Crippen molar-refractivity contribution in [2.75, 3.05) is 5.73 Å². The second-order valence-electron chi connectivity index (χ2n) is 7.34. The molecule has 2 heteroatoms. The first kappa shape index (κ1) is 12.1. The number of anilines is 1. The fraction of sp³-hybridized carbons (Fsp3) is 0.647. The second-order valence-corrected chi connectivity index (χ2v) is 7.72. The molecular formula is C17H22ClN. The van der Waals surface area contributed by atoms with E-state index < -0.39 is 0 Å². The average molecular weight is 276 g/mol. The van der Waals surface area contributed by atoms with Gasteiger partial charge >= 0.3 is 0 Å². The fourth-order valence-corrected chi connectivity index (χ4v) is 5.92. The number of nitrogens with two attached hydrogens (primary N) is 1. The van der Waals surface area contributed by atoms with E-state index in [1.165, 1.54) is 44.1 Å². The van der Waals surface area contributed by atoms with Crippen molar-refractivity contribution >= 4 is 17.3 Å². The fourth-order valence-electron chi connectivity index (χ4n) is 5.55. The summed E-state index contributed by atoms with van der Waals surface area (Å²) in [7, 11) is 0. The maximum absolute atomic E-state index is 6.65. The summed E-state index contributed by atoms with van der Waals surface area (Å²) >= 11 is 6.65. The van der Waals surface area contributed by atoms with Crippen LogP contribution >= 0.6 is 11.6 Å². The van der Waals surface area contributed by atoms with Gasteiger partial charge in [-0.1, -0.05) is 17.7 Å². The van der Waals surface area contributed by atoms with Crippen LogP contribution in [-0.2, 0) is 5.41 Å². The highest BCUT2D eigenvalue weighted by Crippen LogP contribution is 2.61. The number of rotatable bonds is 1. The number of hydrogen-bond acceptors (Lipinski definition) is 1. The van der Waals surface area contributed by atoms with Gasteiger partial charge in [0.15, 0.2) is 0 Å². The van der Waals surface area contributed by atoms with Gasteiger partial charge in [0, 0.05) is 10.7 Å². The van der Waals surface area contributed by atoms with Gasteiger partial charge in [0.25, 0.3) is 0 Å². The Morgan fingerprint density at radius 1 is 1.05 bits per heavy atom. The maximum atomic E-state index is 6.65. The molecule has 0 radical (unpaired) electrons. The van der Waals surface area contributed by atoms with Crippen molar-refractivity contribution < 1.29 is 0 Å². The Hall–Kier alpha value is -0.690. The summed E-state index contributed by atoms with van der Waals surface area (Å²) < 4.78 is 0. The average Bonchev–Trinajstić information content (AvgIpc) is 2.34. The van der Waals surface area contributed by atoms with Gasteiger partial charge in [0.2, 0.25) is 0 Å². The van der Waals surface area contributed by atoms with Crippen molar-refractivity contribution in [1.29, 1.82) is 0 Å². The first-order valence-corrected chi connectivity index (χ1v) is 8.00. The van der Waals surface area contributed by atoms with Crippen molar-refractivity contribution in [1.82, 2.24) is 0 Å². The largest absolute Gasteiger partial charge is 0.398 e. The van der Waals surface area contributed by atoms with Gasteiger partial charge < -0.3 is 5.73 Å². The Bertz CT molecular complexity index is 499. The molecule has 1 aromatic carbocycles. The molecule has 0 aliphatic heterocycles. The molecule has 0 amide bonds. The summed E-state index contributed by atoms with van der Waals surface area (Å²) in [6.07, 6.45) is 8.52. The molecule has 0 atom stereocenters. The van der Waals surface area contributed by atoms with Crippen LogP contribution in [0.2, 0.25) is 5.02 Å². The molecule has 1 aromatic rings. The standard InChI is InChI=1S/C17H22ClN/c1-10-15(19)3-2-14(16(10)18)17-7-11-4-12(8-17)6-13(5-11)9-17/h2-3,11-13H,4-9,19H2,1H3. The summed E-state index contributed by atoms with van der Waals surface area (Å²) in [4.78, 5) is 0. The Labute approximate surface area is 120 Å². The van der Waals surface area contributed by atoms with E-state index >= 15 is 0 Å². The SMILES string of the molecule is Cc1c(N)ccc(C23CC4CC(CC(C4)C2)C3)c1Cl.